The molecule has 0 unspecified atom stereocenters. The standard InChI is InChI=1S/C23H28N4O4S/c1-3-31-25-19-20-7-13-23(14-8-20)30-18-6-4-5-15-26-16-17-27(32(26,28)29)22-11-9-21(24-2)10-12-22/h7-14,19H,3-6,15-18H2,1H3/b25-19+. The van der Waals surface area contributed by atoms with Gasteiger partial charge in [-0.15, -0.1) is 0 Å². The molecular weight excluding hydrogens is 428 g/mol. The van der Waals surface area contributed by atoms with Gasteiger partial charge in [0.05, 0.1) is 25.1 Å². The number of oxime groups is 1. The van der Waals surface area contributed by atoms with Crippen LogP contribution in [-0.2, 0) is 15.0 Å². The van der Waals surface area contributed by atoms with Crippen molar-refractivity contribution >= 4 is 27.8 Å². The molecule has 0 amide bonds. The minimum absolute atomic E-state index is 0.425. The van der Waals surface area contributed by atoms with Crippen molar-refractivity contribution in [3.8, 4) is 5.75 Å². The van der Waals surface area contributed by atoms with Gasteiger partial charge in [-0.25, -0.2) is 4.85 Å². The molecule has 0 saturated carbocycles. The van der Waals surface area contributed by atoms with Gasteiger partial charge < -0.3 is 9.57 Å². The third kappa shape index (κ3) is 6.22. The van der Waals surface area contributed by atoms with Gasteiger partial charge in [-0.05, 0) is 68.1 Å². The summed E-state index contributed by atoms with van der Waals surface area (Å²) < 4.78 is 34.3. The van der Waals surface area contributed by atoms with E-state index >= 15 is 0 Å². The van der Waals surface area contributed by atoms with Gasteiger partial charge in [0.1, 0.15) is 12.4 Å². The van der Waals surface area contributed by atoms with E-state index in [9.17, 15) is 8.42 Å². The van der Waals surface area contributed by atoms with E-state index in [2.05, 4.69) is 10.0 Å². The van der Waals surface area contributed by atoms with Gasteiger partial charge >= 0.3 is 10.2 Å². The highest BCUT2D eigenvalue weighted by atomic mass is 32.2. The lowest BCUT2D eigenvalue weighted by Crippen LogP contribution is -2.33. The zero-order valence-electron chi connectivity index (χ0n) is 18.2. The van der Waals surface area contributed by atoms with E-state index in [0.29, 0.717) is 44.2 Å². The maximum Gasteiger partial charge on any atom is 0.304 e. The Morgan fingerprint density at radius 2 is 1.81 bits per heavy atom. The van der Waals surface area contributed by atoms with Gasteiger partial charge in [-0.1, -0.05) is 17.3 Å². The van der Waals surface area contributed by atoms with E-state index in [-0.39, 0.29) is 0 Å². The molecule has 0 aliphatic carbocycles. The molecular formula is C23H28N4O4S. The fourth-order valence-corrected chi connectivity index (χ4v) is 4.99. The minimum Gasteiger partial charge on any atom is -0.494 e. The summed E-state index contributed by atoms with van der Waals surface area (Å²) in [4.78, 5) is 8.28. The molecule has 0 radical (unpaired) electrons. The lowest BCUT2D eigenvalue weighted by molar-refractivity contribution is 0.160. The highest BCUT2D eigenvalue weighted by Gasteiger charge is 2.36. The SMILES string of the molecule is [C-]#[N+]c1ccc(N2CCN(CCCCCOc3ccc(/C=N/OCC)cc3)S2(=O)=O)cc1. The Bertz CT molecular complexity index is 1030. The van der Waals surface area contributed by atoms with Crippen LogP contribution < -0.4 is 9.04 Å². The Morgan fingerprint density at radius 3 is 2.50 bits per heavy atom. The van der Waals surface area contributed by atoms with Crippen molar-refractivity contribution in [3.05, 3.63) is 65.5 Å². The van der Waals surface area contributed by atoms with Crippen molar-refractivity contribution < 1.29 is 18.0 Å². The number of hydrogen-bond donors (Lipinski definition) is 0. The summed E-state index contributed by atoms with van der Waals surface area (Å²) in [6.07, 6.45) is 4.16. The number of ether oxygens (including phenoxy) is 1. The van der Waals surface area contributed by atoms with Gasteiger partial charge in [0.15, 0.2) is 5.69 Å². The molecule has 1 aliphatic heterocycles. The highest BCUT2D eigenvalue weighted by molar-refractivity contribution is 7.90. The molecule has 0 spiro atoms. The van der Waals surface area contributed by atoms with Crippen LogP contribution in [-0.4, -0.2) is 51.8 Å². The molecule has 170 valence electrons. The third-order valence-corrected chi connectivity index (χ3v) is 7.00. The fraction of sp³-hybridized carbons (Fsp3) is 0.391. The molecule has 2 aromatic rings. The van der Waals surface area contributed by atoms with E-state index in [1.165, 1.54) is 8.61 Å². The Balaban J connectivity index is 1.37. The minimum atomic E-state index is -3.51. The Hall–Kier alpha value is -3.09. The summed E-state index contributed by atoms with van der Waals surface area (Å²) in [7, 11) is -3.51. The predicted octanol–water partition coefficient (Wildman–Crippen LogP) is 4.22. The molecule has 0 bridgehead atoms. The van der Waals surface area contributed by atoms with Crippen LogP contribution in [0.15, 0.2) is 53.7 Å². The molecule has 9 heteroatoms. The summed E-state index contributed by atoms with van der Waals surface area (Å²) in [6, 6.07) is 14.3. The van der Waals surface area contributed by atoms with Gasteiger partial charge in [0.2, 0.25) is 0 Å². The first-order valence-electron chi connectivity index (χ1n) is 10.7. The van der Waals surface area contributed by atoms with E-state index in [1.807, 2.05) is 31.2 Å². The van der Waals surface area contributed by atoms with Crippen molar-refractivity contribution in [2.75, 3.05) is 37.2 Å². The van der Waals surface area contributed by atoms with Gasteiger partial charge in [0, 0.05) is 19.6 Å². The second-order valence-electron chi connectivity index (χ2n) is 7.24. The molecule has 2 aromatic carbocycles. The quantitative estimate of drug-likeness (QED) is 0.220. The zero-order valence-corrected chi connectivity index (χ0v) is 19.0. The molecule has 0 N–H and O–H groups in total. The monoisotopic (exact) mass is 456 g/mol. The van der Waals surface area contributed by atoms with Crippen LogP contribution in [0.1, 0.15) is 31.7 Å². The summed E-state index contributed by atoms with van der Waals surface area (Å²) >= 11 is 0. The molecule has 8 nitrogen and oxygen atoms in total. The number of unbranched alkanes of at least 4 members (excludes halogenated alkanes) is 2. The Kier molecular flexibility index (Phi) is 8.48. The van der Waals surface area contributed by atoms with Gasteiger partial charge in [-0.3, -0.25) is 4.31 Å². The number of anilines is 1. The lowest BCUT2D eigenvalue weighted by Gasteiger charge is -2.20. The average Bonchev–Trinajstić information content (AvgIpc) is 3.11. The number of nitrogens with zero attached hydrogens (tertiary/aromatic N) is 4. The number of hydrogen-bond acceptors (Lipinski definition) is 5. The largest absolute Gasteiger partial charge is 0.494 e. The van der Waals surface area contributed by atoms with Crippen LogP contribution in [0.2, 0.25) is 0 Å². The normalized spacial score (nSPS) is 15.7. The van der Waals surface area contributed by atoms with E-state index in [1.54, 1.807) is 30.5 Å². The lowest BCUT2D eigenvalue weighted by atomic mass is 10.2. The van der Waals surface area contributed by atoms with Gasteiger partial charge in [0.25, 0.3) is 0 Å². The van der Waals surface area contributed by atoms with E-state index < -0.39 is 10.2 Å². The molecule has 0 atom stereocenters. The first-order chi connectivity index (χ1) is 15.5. The maximum absolute atomic E-state index is 12.8. The van der Waals surface area contributed by atoms with Gasteiger partial charge in [-0.2, -0.15) is 12.7 Å². The second kappa shape index (κ2) is 11.5. The Labute approximate surface area is 190 Å². The van der Waals surface area contributed by atoms with Crippen LogP contribution in [0.25, 0.3) is 4.85 Å². The van der Waals surface area contributed by atoms with E-state index in [0.717, 1.165) is 30.6 Å². The summed E-state index contributed by atoms with van der Waals surface area (Å²) in [5.41, 5.74) is 2.04. The summed E-state index contributed by atoms with van der Waals surface area (Å²) in [6.45, 7) is 11.4. The van der Waals surface area contributed by atoms with Crippen molar-refractivity contribution in [1.29, 1.82) is 0 Å². The molecule has 1 heterocycles. The molecule has 3 rings (SSSR count). The average molecular weight is 457 g/mol. The van der Waals surface area contributed by atoms with Crippen LogP contribution in [0.5, 0.6) is 5.75 Å². The van der Waals surface area contributed by atoms with Crippen LogP contribution >= 0.6 is 0 Å². The molecule has 1 aliphatic rings. The third-order valence-electron chi connectivity index (χ3n) is 5.03. The summed E-state index contributed by atoms with van der Waals surface area (Å²) in [5, 5.41) is 3.83. The second-order valence-corrected chi connectivity index (χ2v) is 9.09. The highest BCUT2D eigenvalue weighted by Crippen LogP contribution is 2.27. The van der Waals surface area contributed by atoms with Crippen LogP contribution in [0.4, 0.5) is 11.4 Å². The number of rotatable bonds is 11. The van der Waals surface area contributed by atoms with Crippen molar-refractivity contribution in [3.63, 3.8) is 0 Å². The van der Waals surface area contributed by atoms with Crippen LogP contribution in [0, 0.1) is 6.57 Å². The summed E-state index contributed by atoms with van der Waals surface area (Å²) in [5.74, 6) is 0.792. The number of benzene rings is 2. The van der Waals surface area contributed by atoms with Crippen molar-refractivity contribution in [1.82, 2.24) is 4.31 Å². The first-order valence-corrected chi connectivity index (χ1v) is 12.1. The molecule has 1 fully saturated rings. The van der Waals surface area contributed by atoms with Crippen molar-refractivity contribution in [2.24, 2.45) is 5.16 Å². The van der Waals surface area contributed by atoms with Crippen LogP contribution in [0.3, 0.4) is 0 Å². The molecule has 32 heavy (non-hydrogen) atoms. The zero-order chi connectivity index (χ0) is 22.8. The first kappa shape index (κ1) is 23.6. The van der Waals surface area contributed by atoms with E-state index in [4.69, 9.17) is 16.1 Å². The molecule has 1 saturated heterocycles. The fourth-order valence-electron chi connectivity index (χ4n) is 3.34. The smallest absolute Gasteiger partial charge is 0.304 e. The maximum atomic E-state index is 12.8. The predicted molar refractivity (Wildman–Crippen MR) is 126 cm³/mol. The molecule has 0 aromatic heterocycles. The topological polar surface area (TPSA) is 75.8 Å². The Morgan fingerprint density at radius 1 is 1.06 bits per heavy atom. The van der Waals surface area contributed by atoms with Crippen molar-refractivity contribution in [2.45, 2.75) is 26.2 Å².